The first-order valence-corrected chi connectivity index (χ1v) is 8.59. The van der Waals surface area contributed by atoms with E-state index in [9.17, 15) is 0 Å². The van der Waals surface area contributed by atoms with Gasteiger partial charge in [0.2, 0.25) is 0 Å². The Hall–Kier alpha value is -0.500. The lowest BCUT2D eigenvalue weighted by Gasteiger charge is -2.23. The largest absolute Gasteiger partial charge is 0.0827 e. The Morgan fingerprint density at radius 1 is 0.810 bits per heavy atom. The Morgan fingerprint density at radius 2 is 1.29 bits per heavy atom. The first-order valence-electron chi connectivity index (χ1n) is 6.92. The van der Waals surface area contributed by atoms with E-state index in [0.29, 0.717) is 10.0 Å². The van der Waals surface area contributed by atoms with E-state index in [2.05, 4.69) is 50.5 Å². The minimum Gasteiger partial charge on any atom is -0.0827 e. The van der Waals surface area contributed by atoms with E-state index in [1.807, 2.05) is 18.2 Å². The highest BCUT2D eigenvalue weighted by atomic mass is 79.9. The lowest BCUT2D eigenvalue weighted by molar-refractivity contribution is 1.06. The summed E-state index contributed by atoms with van der Waals surface area (Å²) < 4.78 is 0. The van der Waals surface area contributed by atoms with Crippen LogP contribution in [0.3, 0.4) is 0 Å². The van der Waals surface area contributed by atoms with Crippen LogP contribution in [0.2, 0.25) is 10.0 Å². The standard InChI is InChI=1S/C18H19BrCl2/c1-9-10(2)12(4)16(13(5)11(9)3)17(19)14-7-6-8-15(20)18(14)21/h6-8,17H,1-5H3. The molecule has 0 bridgehead atoms. The fourth-order valence-corrected chi connectivity index (χ4v) is 4.40. The van der Waals surface area contributed by atoms with Crippen LogP contribution in [-0.2, 0) is 0 Å². The predicted molar refractivity (Wildman–Crippen MR) is 97.4 cm³/mol. The lowest BCUT2D eigenvalue weighted by atomic mass is 9.87. The SMILES string of the molecule is Cc1c(C)c(C)c(C(Br)c2cccc(Cl)c2Cl)c(C)c1C. The molecule has 3 heteroatoms. The van der Waals surface area contributed by atoms with Crippen molar-refractivity contribution >= 4 is 39.1 Å². The van der Waals surface area contributed by atoms with Crippen molar-refractivity contribution < 1.29 is 0 Å². The number of alkyl halides is 1. The Labute approximate surface area is 145 Å². The summed E-state index contributed by atoms with van der Waals surface area (Å²) in [5.41, 5.74) is 8.98. The molecule has 0 fully saturated rings. The summed E-state index contributed by atoms with van der Waals surface area (Å²) in [4.78, 5) is 0.0432. The van der Waals surface area contributed by atoms with Crippen LogP contribution in [-0.4, -0.2) is 0 Å². The van der Waals surface area contributed by atoms with Crippen molar-refractivity contribution in [3.05, 3.63) is 67.2 Å². The first-order chi connectivity index (χ1) is 9.77. The molecule has 112 valence electrons. The van der Waals surface area contributed by atoms with Crippen molar-refractivity contribution in [1.29, 1.82) is 0 Å². The van der Waals surface area contributed by atoms with Gasteiger partial charge in [-0.2, -0.15) is 0 Å². The fourth-order valence-electron chi connectivity index (χ4n) is 2.78. The quantitative estimate of drug-likeness (QED) is 0.487. The zero-order chi connectivity index (χ0) is 15.9. The summed E-state index contributed by atoms with van der Waals surface area (Å²) >= 11 is 16.4. The summed E-state index contributed by atoms with van der Waals surface area (Å²) in [6.07, 6.45) is 0. The van der Waals surface area contributed by atoms with Gasteiger partial charge in [0.05, 0.1) is 14.9 Å². The Balaban J connectivity index is 2.70. The Kier molecular flexibility index (Phi) is 5.07. The summed E-state index contributed by atoms with van der Waals surface area (Å²) in [7, 11) is 0. The van der Waals surface area contributed by atoms with Crippen LogP contribution in [0.4, 0.5) is 0 Å². The molecule has 0 aliphatic carbocycles. The molecule has 0 saturated heterocycles. The van der Waals surface area contributed by atoms with Crippen molar-refractivity contribution in [3.63, 3.8) is 0 Å². The van der Waals surface area contributed by atoms with Gasteiger partial charge in [0.25, 0.3) is 0 Å². The third kappa shape index (κ3) is 2.88. The van der Waals surface area contributed by atoms with E-state index in [1.165, 1.54) is 33.4 Å². The molecule has 0 aliphatic rings. The van der Waals surface area contributed by atoms with Crippen molar-refractivity contribution in [1.82, 2.24) is 0 Å². The van der Waals surface area contributed by atoms with Gasteiger partial charge in [-0.3, -0.25) is 0 Å². The minimum absolute atomic E-state index is 0.0432. The topological polar surface area (TPSA) is 0 Å². The number of hydrogen-bond donors (Lipinski definition) is 0. The molecule has 0 saturated carbocycles. The van der Waals surface area contributed by atoms with Gasteiger partial charge in [0.1, 0.15) is 0 Å². The Morgan fingerprint density at radius 3 is 1.81 bits per heavy atom. The summed E-state index contributed by atoms with van der Waals surface area (Å²) in [6, 6.07) is 5.78. The second-order valence-corrected chi connectivity index (χ2v) is 7.25. The Bertz CT molecular complexity index is 676. The fraction of sp³-hybridized carbons (Fsp3) is 0.333. The summed E-state index contributed by atoms with van der Waals surface area (Å²) in [6.45, 7) is 10.9. The van der Waals surface area contributed by atoms with E-state index in [4.69, 9.17) is 23.2 Å². The van der Waals surface area contributed by atoms with Gasteiger partial charge in [-0.05, 0) is 79.6 Å². The third-order valence-electron chi connectivity index (χ3n) is 4.57. The van der Waals surface area contributed by atoms with Gasteiger partial charge in [-0.25, -0.2) is 0 Å². The highest BCUT2D eigenvalue weighted by Crippen LogP contribution is 2.42. The van der Waals surface area contributed by atoms with Crippen molar-refractivity contribution in [2.45, 2.75) is 39.4 Å². The molecule has 2 aromatic rings. The first kappa shape index (κ1) is 16.9. The van der Waals surface area contributed by atoms with Gasteiger partial charge in [-0.1, -0.05) is 51.3 Å². The second kappa shape index (κ2) is 6.32. The minimum atomic E-state index is 0.0432. The van der Waals surface area contributed by atoms with Crippen molar-refractivity contribution in [3.8, 4) is 0 Å². The van der Waals surface area contributed by atoms with Crippen LogP contribution >= 0.6 is 39.1 Å². The number of halogens is 3. The lowest BCUT2D eigenvalue weighted by Crippen LogP contribution is -2.06. The molecule has 0 aliphatic heterocycles. The van der Waals surface area contributed by atoms with E-state index >= 15 is 0 Å². The number of rotatable bonds is 2. The van der Waals surface area contributed by atoms with Gasteiger partial charge >= 0.3 is 0 Å². The van der Waals surface area contributed by atoms with Crippen LogP contribution in [0, 0.1) is 34.6 Å². The van der Waals surface area contributed by atoms with Gasteiger partial charge < -0.3 is 0 Å². The average molecular weight is 386 g/mol. The van der Waals surface area contributed by atoms with Gasteiger partial charge in [0.15, 0.2) is 0 Å². The molecular weight excluding hydrogens is 367 g/mol. The molecule has 0 spiro atoms. The molecule has 0 radical (unpaired) electrons. The van der Waals surface area contributed by atoms with Crippen LogP contribution in [0.5, 0.6) is 0 Å². The van der Waals surface area contributed by atoms with E-state index in [1.54, 1.807) is 0 Å². The molecule has 21 heavy (non-hydrogen) atoms. The highest BCUT2D eigenvalue weighted by molar-refractivity contribution is 9.09. The molecule has 2 aromatic carbocycles. The second-order valence-electron chi connectivity index (χ2n) is 5.54. The molecule has 2 rings (SSSR count). The molecule has 1 atom stereocenters. The van der Waals surface area contributed by atoms with E-state index in [-0.39, 0.29) is 4.83 Å². The van der Waals surface area contributed by atoms with Crippen molar-refractivity contribution in [2.75, 3.05) is 0 Å². The smallest absolute Gasteiger partial charge is 0.0665 e. The van der Waals surface area contributed by atoms with Crippen LogP contribution in [0.15, 0.2) is 18.2 Å². The van der Waals surface area contributed by atoms with E-state index in [0.717, 1.165) is 5.56 Å². The monoisotopic (exact) mass is 384 g/mol. The number of hydrogen-bond acceptors (Lipinski definition) is 0. The maximum absolute atomic E-state index is 6.39. The van der Waals surface area contributed by atoms with Crippen LogP contribution < -0.4 is 0 Å². The zero-order valence-electron chi connectivity index (χ0n) is 12.9. The number of benzene rings is 2. The third-order valence-corrected chi connectivity index (χ3v) is 6.35. The van der Waals surface area contributed by atoms with Crippen LogP contribution in [0.25, 0.3) is 0 Å². The molecule has 0 nitrogen and oxygen atoms in total. The normalized spacial score (nSPS) is 12.6. The van der Waals surface area contributed by atoms with Gasteiger partial charge in [0, 0.05) is 0 Å². The van der Waals surface area contributed by atoms with Gasteiger partial charge in [-0.15, -0.1) is 0 Å². The molecule has 1 unspecified atom stereocenters. The maximum atomic E-state index is 6.39. The van der Waals surface area contributed by atoms with Crippen LogP contribution in [0.1, 0.15) is 43.8 Å². The molecule has 0 aromatic heterocycles. The van der Waals surface area contributed by atoms with E-state index < -0.39 is 0 Å². The van der Waals surface area contributed by atoms with Crippen molar-refractivity contribution in [2.24, 2.45) is 0 Å². The maximum Gasteiger partial charge on any atom is 0.0665 e. The predicted octanol–water partition coefficient (Wildman–Crippen LogP) is 7.02. The summed E-state index contributed by atoms with van der Waals surface area (Å²) in [5, 5.41) is 1.21. The molecule has 0 heterocycles. The summed E-state index contributed by atoms with van der Waals surface area (Å²) in [5.74, 6) is 0. The molecule has 0 amide bonds. The molecule has 0 N–H and O–H groups in total. The zero-order valence-corrected chi connectivity index (χ0v) is 16.0. The average Bonchev–Trinajstić information content (AvgIpc) is 2.46. The highest BCUT2D eigenvalue weighted by Gasteiger charge is 2.22. The molecular formula is C18H19BrCl2.